The smallest absolute Gasteiger partial charge is 0.254 e. The summed E-state index contributed by atoms with van der Waals surface area (Å²) in [6.07, 6.45) is 2.10. The van der Waals surface area contributed by atoms with Crippen LogP contribution in [0, 0.1) is 5.92 Å². The molecule has 5 nitrogen and oxygen atoms in total. The number of hydrogen-bond donors (Lipinski definition) is 1. The van der Waals surface area contributed by atoms with E-state index in [1.807, 2.05) is 11.9 Å². The van der Waals surface area contributed by atoms with E-state index in [1.54, 1.807) is 32.4 Å². The second-order valence-corrected chi connectivity index (χ2v) is 5.39. The number of amides is 1. The molecule has 0 spiro atoms. The number of carbonyl (C=O) groups is 1. The average Bonchev–Trinajstić information content (AvgIpc) is 2.54. The summed E-state index contributed by atoms with van der Waals surface area (Å²) in [5, 5.41) is 3.21. The number of methoxy groups -OCH3 is 2. The molecule has 116 valence electrons. The molecule has 1 heterocycles. The van der Waals surface area contributed by atoms with Crippen LogP contribution >= 0.6 is 0 Å². The Hall–Kier alpha value is -1.75. The first-order chi connectivity index (χ1) is 10.2. The summed E-state index contributed by atoms with van der Waals surface area (Å²) in [6, 6.07) is 5.31. The Balaban J connectivity index is 2.06. The van der Waals surface area contributed by atoms with Gasteiger partial charge in [0.2, 0.25) is 0 Å². The van der Waals surface area contributed by atoms with E-state index in [4.69, 9.17) is 9.47 Å². The van der Waals surface area contributed by atoms with Gasteiger partial charge in [0, 0.05) is 24.7 Å². The highest BCUT2D eigenvalue weighted by molar-refractivity contribution is 5.95. The Kier molecular flexibility index (Phi) is 5.44. The number of piperidine rings is 1. The van der Waals surface area contributed by atoms with Crippen molar-refractivity contribution in [1.29, 1.82) is 0 Å². The highest BCUT2D eigenvalue weighted by Gasteiger charge is 2.23. The van der Waals surface area contributed by atoms with Crippen molar-refractivity contribution >= 4 is 5.91 Å². The number of carbonyl (C=O) groups excluding carboxylic acids is 1. The summed E-state index contributed by atoms with van der Waals surface area (Å²) in [5.74, 6) is 2.00. The highest BCUT2D eigenvalue weighted by atomic mass is 16.5. The van der Waals surface area contributed by atoms with Crippen LogP contribution in [-0.4, -0.2) is 51.7 Å². The third-order valence-electron chi connectivity index (χ3n) is 3.99. The molecule has 0 atom stereocenters. The molecule has 21 heavy (non-hydrogen) atoms. The van der Waals surface area contributed by atoms with E-state index < -0.39 is 0 Å². The summed E-state index contributed by atoms with van der Waals surface area (Å²) in [6.45, 7) is 2.64. The predicted octanol–water partition coefficient (Wildman–Crippen LogP) is 1.78. The van der Waals surface area contributed by atoms with Gasteiger partial charge in [0.25, 0.3) is 5.91 Å². The lowest BCUT2D eigenvalue weighted by Crippen LogP contribution is -2.40. The zero-order valence-corrected chi connectivity index (χ0v) is 13.0. The zero-order chi connectivity index (χ0) is 15.2. The molecule has 5 heteroatoms. The molecule has 1 saturated heterocycles. The standard InChI is InChI=1S/C16H24N2O3/c1-17-11-12-4-6-18(7-5-12)16(19)13-8-14(20-2)10-15(9-13)21-3/h8-10,12,17H,4-7,11H2,1-3H3. The number of likely N-dealkylation sites (tertiary alicyclic amines) is 1. The quantitative estimate of drug-likeness (QED) is 0.899. The Morgan fingerprint density at radius 3 is 2.24 bits per heavy atom. The lowest BCUT2D eigenvalue weighted by atomic mass is 9.96. The molecule has 1 amide bonds. The lowest BCUT2D eigenvalue weighted by molar-refractivity contribution is 0.0690. The van der Waals surface area contributed by atoms with Crippen molar-refractivity contribution in [2.24, 2.45) is 5.92 Å². The van der Waals surface area contributed by atoms with Crippen LogP contribution in [0.25, 0.3) is 0 Å². The lowest BCUT2D eigenvalue weighted by Gasteiger charge is -2.32. The molecular formula is C16H24N2O3. The topological polar surface area (TPSA) is 50.8 Å². The highest BCUT2D eigenvalue weighted by Crippen LogP contribution is 2.25. The van der Waals surface area contributed by atoms with Crippen molar-refractivity contribution in [2.45, 2.75) is 12.8 Å². The van der Waals surface area contributed by atoms with E-state index in [9.17, 15) is 4.79 Å². The van der Waals surface area contributed by atoms with E-state index in [0.29, 0.717) is 23.0 Å². The van der Waals surface area contributed by atoms with Gasteiger partial charge >= 0.3 is 0 Å². The van der Waals surface area contributed by atoms with Gasteiger partial charge in [0.15, 0.2) is 0 Å². The van der Waals surface area contributed by atoms with Gasteiger partial charge in [-0.25, -0.2) is 0 Å². The van der Waals surface area contributed by atoms with Gasteiger partial charge in [-0.05, 0) is 44.5 Å². The molecule has 0 radical (unpaired) electrons. The molecule has 0 bridgehead atoms. The first kappa shape index (κ1) is 15.6. The third-order valence-corrected chi connectivity index (χ3v) is 3.99. The minimum Gasteiger partial charge on any atom is -0.497 e. The monoisotopic (exact) mass is 292 g/mol. The molecule has 0 aromatic heterocycles. The molecule has 1 fully saturated rings. The van der Waals surface area contributed by atoms with Crippen molar-refractivity contribution in [3.05, 3.63) is 23.8 Å². The zero-order valence-electron chi connectivity index (χ0n) is 13.0. The van der Waals surface area contributed by atoms with Crippen LogP contribution in [0.4, 0.5) is 0 Å². The van der Waals surface area contributed by atoms with Gasteiger partial charge in [0.05, 0.1) is 14.2 Å². The molecule has 1 aromatic carbocycles. The van der Waals surface area contributed by atoms with Crippen molar-refractivity contribution in [1.82, 2.24) is 10.2 Å². The van der Waals surface area contributed by atoms with Crippen molar-refractivity contribution < 1.29 is 14.3 Å². The molecule has 0 aliphatic carbocycles. The first-order valence-corrected chi connectivity index (χ1v) is 7.35. The van der Waals surface area contributed by atoms with Crippen LogP contribution in [0.15, 0.2) is 18.2 Å². The van der Waals surface area contributed by atoms with Gasteiger partial charge < -0.3 is 19.7 Å². The van der Waals surface area contributed by atoms with Gasteiger partial charge in [-0.2, -0.15) is 0 Å². The van der Waals surface area contributed by atoms with Crippen LogP contribution in [-0.2, 0) is 0 Å². The number of nitrogens with one attached hydrogen (secondary N) is 1. The Labute approximate surface area is 126 Å². The molecule has 1 aromatic rings. The molecule has 2 rings (SSSR count). The number of hydrogen-bond acceptors (Lipinski definition) is 4. The summed E-state index contributed by atoms with van der Waals surface area (Å²) in [7, 11) is 5.15. The maximum atomic E-state index is 12.6. The van der Waals surface area contributed by atoms with E-state index in [0.717, 1.165) is 32.5 Å². The Morgan fingerprint density at radius 2 is 1.76 bits per heavy atom. The minimum absolute atomic E-state index is 0.0510. The number of nitrogens with zero attached hydrogens (tertiary/aromatic N) is 1. The number of benzene rings is 1. The number of ether oxygens (including phenoxy) is 2. The second-order valence-electron chi connectivity index (χ2n) is 5.39. The fourth-order valence-electron chi connectivity index (χ4n) is 2.74. The fraction of sp³-hybridized carbons (Fsp3) is 0.562. The van der Waals surface area contributed by atoms with Gasteiger partial charge in [-0.1, -0.05) is 0 Å². The molecular weight excluding hydrogens is 268 g/mol. The minimum atomic E-state index is 0.0510. The fourth-order valence-corrected chi connectivity index (χ4v) is 2.74. The molecule has 1 N–H and O–H groups in total. The van der Waals surface area contributed by atoms with Crippen LogP contribution < -0.4 is 14.8 Å². The van der Waals surface area contributed by atoms with Crippen LogP contribution in [0.3, 0.4) is 0 Å². The number of rotatable bonds is 5. The summed E-state index contributed by atoms with van der Waals surface area (Å²) in [4.78, 5) is 14.5. The van der Waals surface area contributed by atoms with E-state index in [2.05, 4.69) is 5.32 Å². The van der Waals surface area contributed by atoms with Crippen LogP contribution in [0.1, 0.15) is 23.2 Å². The van der Waals surface area contributed by atoms with Crippen molar-refractivity contribution in [2.75, 3.05) is 40.9 Å². The van der Waals surface area contributed by atoms with Crippen LogP contribution in [0.5, 0.6) is 11.5 Å². The summed E-state index contributed by atoms with van der Waals surface area (Å²) < 4.78 is 10.4. The van der Waals surface area contributed by atoms with E-state index >= 15 is 0 Å². The maximum absolute atomic E-state index is 12.6. The summed E-state index contributed by atoms with van der Waals surface area (Å²) >= 11 is 0. The maximum Gasteiger partial charge on any atom is 0.254 e. The molecule has 0 unspecified atom stereocenters. The van der Waals surface area contributed by atoms with E-state index in [-0.39, 0.29) is 5.91 Å². The van der Waals surface area contributed by atoms with Gasteiger partial charge in [0.1, 0.15) is 11.5 Å². The SMILES string of the molecule is CNCC1CCN(C(=O)c2cc(OC)cc(OC)c2)CC1. The van der Waals surface area contributed by atoms with Crippen molar-refractivity contribution in [3.63, 3.8) is 0 Å². The molecule has 1 aliphatic rings. The predicted molar refractivity (Wildman–Crippen MR) is 82.1 cm³/mol. The van der Waals surface area contributed by atoms with Gasteiger partial charge in [-0.15, -0.1) is 0 Å². The van der Waals surface area contributed by atoms with Crippen molar-refractivity contribution in [3.8, 4) is 11.5 Å². The Morgan fingerprint density at radius 1 is 1.19 bits per heavy atom. The normalized spacial score (nSPS) is 15.9. The largest absolute Gasteiger partial charge is 0.497 e. The molecule has 0 saturated carbocycles. The van der Waals surface area contributed by atoms with E-state index in [1.165, 1.54) is 0 Å². The average molecular weight is 292 g/mol. The third kappa shape index (κ3) is 3.88. The Bertz CT molecular complexity index is 460. The summed E-state index contributed by atoms with van der Waals surface area (Å²) in [5.41, 5.74) is 0.623. The molecule has 1 aliphatic heterocycles. The second kappa shape index (κ2) is 7.31. The van der Waals surface area contributed by atoms with Crippen LogP contribution in [0.2, 0.25) is 0 Å². The first-order valence-electron chi connectivity index (χ1n) is 7.35. The van der Waals surface area contributed by atoms with Gasteiger partial charge in [-0.3, -0.25) is 4.79 Å².